The van der Waals surface area contributed by atoms with Gasteiger partial charge < -0.3 is 19.6 Å². The Morgan fingerprint density at radius 1 is 1.03 bits per heavy atom. The topological polar surface area (TPSA) is 82.0 Å². The van der Waals surface area contributed by atoms with Crippen LogP contribution in [0, 0.1) is 11.8 Å². The Morgan fingerprint density at radius 2 is 1.74 bits per heavy atom. The molecule has 1 atom stereocenters. The van der Waals surface area contributed by atoms with Crippen LogP contribution in [0.1, 0.15) is 51.6 Å². The Hall–Kier alpha value is -2.97. The van der Waals surface area contributed by atoms with Crippen molar-refractivity contribution in [3.8, 4) is 5.75 Å². The van der Waals surface area contributed by atoms with Gasteiger partial charge in [0.1, 0.15) is 5.75 Å². The lowest BCUT2D eigenvalue weighted by Crippen LogP contribution is -2.50. The number of hydrogen-bond acceptors (Lipinski definition) is 7. The standard InChI is InChI=1S/C31H43N5O3.H2/c1-2-24-21-32-31(33-22-24)36-13-11-25(12-14-36)23-39-29-9-7-27(8-10-29)26-3-5-28(6-4-26)30(38)35-17-15-34(16-18-35)19-20-37;/h3,7-10,21-22,25,28,37H,2,4-6,11-20,23H2,1H3;1H. The second-order valence-corrected chi connectivity index (χ2v) is 11.1. The summed E-state index contributed by atoms with van der Waals surface area (Å²) in [5.41, 5.74) is 3.74. The van der Waals surface area contributed by atoms with Gasteiger partial charge in [0.25, 0.3) is 0 Å². The van der Waals surface area contributed by atoms with Gasteiger partial charge in [0.2, 0.25) is 11.9 Å². The molecule has 1 aromatic heterocycles. The van der Waals surface area contributed by atoms with E-state index >= 15 is 0 Å². The van der Waals surface area contributed by atoms with Gasteiger partial charge in [-0.25, -0.2) is 9.97 Å². The number of amides is 1. The summed E-state index contributed by atoms with van der Waals surface area (Å²) in [5, 5.41) is 9.12. The third-order valence-electron chi connectivity index (χ3n) is 8.57. The molecule has 2 aromatic rings. The molecule has 0 bridgehead atoms. The number of nitrogens with zero attached hydrogens (tertiary/aromatic N) is 5. The van der Waals surface area contributed by atoms with Crippen LogP contribution in [-0.4, -0.2) is 89.8 Å². The Bertz CT molecular complexity index is 1090. The number of ether oxygens (including phenoxy) is 1. The molecule has 2 saturated heterocycles. The van der Waals surface area contributed by atoms with E-state index < -0.39 is 0 Å². The Balaban J connectivity index is 0.00000370. The molecule has 2 aliphatic heterocycles. The summed E-state index contributed by atoms with van der Waals surface area (Å²) in [7, 11) is 0. The van der Waals surface area contributed by atoms with Gasteiger partial charge in [-0.1, -0.05) is 25.1 Å². The summed E-state index contributed by atoms with van der Waals surface area (Å²) in [6.07, 6.45) is 11.9. The van der Waals surface area contributed by atoms with Gasteiger partial charge in [-0.15, -0.1) is 0 Å². The molecule has 1 unspecified atom stereocenters. The summed E-state index contributed by atoms with van der Waals surface area (Å²) in [6.45, 7) is 8.94. The van der Waals surface area contributed by atoms with Gasteiger partial charge in [0.15, 0.2) is 0 Å². The lowest BCUT2D eigenvalue weighted by molar-refractivity contribution is -0.137. The number of carbonyl (C=O) groups is 1. The zero-order valence-electron chi connectivity index (χ0n) is 23.3. The fourth-order valence-electron chi connectivity index (χ4n) is 5.88. The maximum Gasteiger partial charge on any atom is 0.226 e. The predicted molar refractivity (Wildman–Crippen MR) is 156 cm³/mol. The van der Waals surface area contributed by atoms with Gasteiger partial charge in [0, 0.05) is 65.6 Å². The smallest absolute Gasteiger partial charge is 0.226 e. The van der Waals surface area contributed by atoms with Crippen molar-refractivity contribution in [3.63, 3.8) is 0 Å². The number of aromatic nitrogens is 2. The SMILES string of the molecule is CCc1cnc(N2CCC(COc3ccc(C4=CCC(C(=O)N5CCN(CCO)CC5)CC4)cc3)CC2)nc1.[HH]. The predicted octanol–water partition coefficient (Wildman–Crippen LogP) is 3.90. The number of rotatable bonds is 9. The quantitative estimate of drug-likeness (QED) is 0.522. The number of hydrogen-bond donors (Lipinski definition) is 1. The number of benzene rings is 1. The summed E-state index contributed by atoms with van der Waals surface area (Å²) in [4.78, 5) is 28.6. The minimum Gasteiger partial charge on any atom is -0.493 e. The van der Waals surface area contributed by atoms with Crippen molar-refractivity contribution in [3.05, 3.63) is 53.9 Å². The van der Waals surface area contributed by atoms with E-state index in [1.807, 2.05) is 17.3 Å². The molecule has 1 amide bonds. The Labute approximate surface area is 234 Å². The van der Waals surface area contributed by atoms with E-state index in [0.29, 0.717) is 18.4 Å². The monoisotopic (exact) mass is 535 g/mol. The molecule has 212 valence electrons. The van der Waals surface area contributed by atoms with Gasteiger partial charge in [-0.2, -0.15) is 0 Å². The number of aliphatic hydroxyl groups is 1. The van der Waals surface area contributed by atoms with Crippen molar-refractivity contribution in [2.75, 3.05) is 63.9 Å². The van der Waals surface area contributed by atoms with E-state index in [1.54, 1.807) is 0 Å². The molecule has 1 aliphatic carbocycles. The van der Waals surface area contributed by atoms with Crippen LogP contribution in [0.15, 0.2) is 42.7 Å². The second-order valence-electron chi connectivity index (χ2n) is 11.1. The summed E-state index contributed by atoms with van der Waals surface area (Å²) < 4.78 is 6.16. The van der Waals surface area contributed by atoms with E-state index in [-0.39, 0.29) is 14.0 Å². The highest BCUT2D eigenvalue weighted by Gasteiger charge is 2.29. The minimum atomic E-state index is 0. The average molecular weight is 536 g/mol. The third-order valence-corrected chi connectivity index (χ3v) is 8.57. The molecule has 1 aromatic carbocycles. The number of β-amino-alcohol motifs (C(OH)–C–C–N with tert-alkyl or cyclic N) is 1. The van der Waals surface area contributed by atoms with Crippen molar-refractivity contribution >= 4 is 17.4 Å². The van der Waals surface area contributed by atoms with E-state index in [4.69, 9.17) is 9.84 Å². The van der Waals surface area contributed by atoms with Crippen LogP contribution in [0.4, 0.5) is 5.95 Å². The molecule has 1 N–H and O–H groups in total. The molecule has 0 spiro atoms. The Kier molecular flexibility index (Phi) is 9.48. The molecule has 3 heterocycles. The van der Waals surface area contributed by atoms with Gasteiger partial charge in [0.05, 0.1) is 13.2 Å². The molecular weight excluding hydrogens is 490 g/mol. The zero-order valence-corrected chi connectivity index (χ0v) is 23.3. The number of piperidine rings is 1. The highest BCUT2D eigenvalue weighted by Crippen LogP contribution is 2.32. The fraction of sp³-hybridized carbons (Fsp3) is 0.581. The van der Waals surface area contributed by atoms with E-state index in [2.05, 4.69) is 57.0 Å². The van der Waals surface area contributed by atoms with Gasteiger partial charge in [-0.3, -0.25) is 9.69 Å². The average Bonchev–Trinajstić information content (AvgIpc) is 3.01. The zero-order chi connectivity index (χ0) is 27.0. The van der Waals surface area contributed by atoms with Gasteiger partial charge in [-0.05, 0) is 73.3 Å². The number of aliphatic hydroxyl groups excluding tert-OH is 1. The van der Waals surface area contributed by atoms with Crippen molar-refractivity contribution in [1.82, 2.24) is 19.8 Å². The highest BCUT2D eigenvalue weighted by molar-refractivity contribution is 5.81. The lowest BCUT2D eigenvalue weighted by Gasteiger charge is -2.36. The fourth-order valence-corrected chi connectivity index (χ4v) is 5.88. The van der Waals surface area contributed by atoms with Crippen LogP contribution in [0.5, 0.6) is 5.75 Å². The number of piperazine rings is 1. The van der Waals surface area contributed by atoms with Crippen molar-refractivity contribution in [1.29, 1.82) is 0 Å². The molecule has 3 aliphatic rings. The lowest BCUT2D eigenvalue weighted by atomic mass is 9.85. The van der Waals surface area contributed by atoms with Crippen LogP contribution < -0.4 is 9.64 Å². The summed E-state index contributed by atoms with van der Waals surface area (Å²) in [5.74, 6) is 2.69. The normalized spacial score (nSPS) is 21.1. The molecule has 2 fully saturated rings. The maximum absolute atomic E-state index is 13.0. The summed E-state index contributed by atoms with van der Waals surface area (Å²) >= 11 is 0. The minimum absolute atomic E-state index is 0. The van der Waals surface area contributed by atoms with Crippen LogP contribution in [-0.2, 0) is 11.2 Å². The van der Waals surface area contributed by atoms with Crippen molar-refractivity contribution in [2.24, 2.45) is 11.8 Å². The molecule has 39 heavy (non-hydrogen) atoms. The first kappa shape index (κ1) is 27.6. The molecule has 0 radical (unpaired) electrons. The van der Waals surface area contributed by atoms with Crippen molar-refractivity contribution in [2.45, 2.75) is 45.4 Å². The van der Waals surface area contributed by atoms with Crippen LogP contribution in [0.2, 0.25) is 0 Å². The van der Waals surface area contributed by atoms with Gasteiger partial charge >= 0.3 is 0 Å². The number of anilines is 1. The van der Waals surface area contributed by atoms with Crippen LogP contribution in [0.25, 0.3) is 5.57 Å². The first-order valence-electron chi connectivity index (χ1n) is 14.7. The number of aryl methyl sites for hydroxylation is 1. The first-order chi connectivity index (χ1) is 19.1. The first-order valence-corrected chi connectivity index (χ1v) is 14.7. The summed E-state index contributed by atoms with van der Waals surface area (Å²) in [6, 6.07) is 8.47. The highest BCUT2D eigenvalue weighted by atomic mass is 16.5. The second kappa shape index (κ2) is 13.4. The van der Waals surface area contributed by atoms with E-state index in [1.165, 1.54) is 16.7 Å². The van der Waals surface area contributed by atoms with E-state index in [9.17, 15) is 4.79 Å². The molecule has 8 heteroatoms. The largest absolute Gasteiger partial charge is 0.493 e. The van der Waals surface area contributed by atoms with E-state index in [0.717, 1.165) is 96.1 Å². The number of carbonyl (C=O) groups excluding carboxylic acids is 1. The maximum atomic E-state index is 13.0. The number of allylic oxidation sites excluding steroid dienone is 2. The third kappa shape index (κ3) is 7.17. The molecule has 0 saturated carbocycles. The Morgan fingerprint density at radius 3 is 2.36 bits per heavy atom. The molecular formula is C31H45N5O3. The van der Waals surface area contributed by atoms with Crippen LogP contribution >= 0.6 is 0 Å². The molecule has 8 nitrogen and oxygen atoms in total. The molecule has 5 rings (SSSR count). The van der Waals surface area contributed by atoms with Crippen molar-refractivity contribution < 1.29 is 16.1 Å². The van der Waals surface area contributed by atoms with Crippen LogP contribution in [0.3, 0.4) is 0 Å².